The average Bonchev–Trinajstić information content (AvgIpc) is 3.23. The molecule has 1 aromatic heterocycles. The first-order valence-corrected chi connectivity index (χ1v) is 10.4. The van der Waals surface area contributed by atoms with Crippen LogP contribution in [0.15, 0.2) is 84.2 Å². The predicted molar refractivity (Wildman–Crippen MR) is 123 cm³/mol. The van der Waals surface area contributed by atoms with Crippen molar-refractivity contribution < 1.29 is 9.53 Å². The Balaban J connectivity index is 1.38. The van der Waals surface area contributed by atoms with E-state index in [1.165, 1.54) is 11.3 Å². The summed E-state index contributed by atoms with van der Waals surface area (Å²) in [5, 5.41) is 9.05. The molecule has 4 rings (SSSR count). The number of carbonyl (C=O) groups excluding carboxylic acids is 1. The number of hydrogen-bond acceptors (Lipinski definition) is 5. The van der Waals surface area contributed by atoms with E-state index < -0.39 is 0 Å². The lowest BCUT2D eigenvalue weighted by molar-refractivity contribution is -0.115. The summed E-state index contributed by atoms with van der Waals surface area (Å²) in [6, 6.07) is 25.1. The van der Waals surface area contributed by atoms with Gasteiger partial charge >= 0.3 is 0 Å². The zero-order chi connectivity index (χ0) is 20.8. The highest BCUT2D eigenvalue weighted by Gasteiger charge is 2.07. The van der Waals surface area contributed by atoms with Crippen LogP contribution >= 0.6 is 11.3 Å². The van der Waals surface area contributed by atoms with Gasteiger partial charge in [-0.2, -0.15) is 0 Å². The third-order valence-electron chi connectivity index (χ3n) is 4.50. The molecule has 1 amide bonds. The highest BCUT2D eigenvalue weighted by molar-refractivity contribution is 7.14. The van der Waals surface area contributed by atoms with E-state index in [1.807, 2.05) is 84.2 Å². The minimum Gasteiger partial charge on any atom is -0.497 e. The molecule has 0 aliphatic carbocycles. The predicted octanol–water partition coefficient (Wildman–Crippen LogP) is 5.74. The lowest BCUT2D eigenvalue weighted by Crippen LogP contribution is -2.14. The van der Waals surface area contributed by atoms with Crippen molar-refractivity contribution in [3.63, 3.8) is 0 Å². The number of thiazole rings is 1. The molecule has 0 saturated carbocycles. The van der Waals surface area contributed by atoms with Crippen LogP contribution in [0.25, 0.3) is 11.3 Å². The molecule has 3 aromatic carbocycles. The third kappa shape index (κ3) is 5.04. The molecule has 6 heteroatoms. The molecule has 0 atom stereocenters. The SMILES string of the molecule is COc1cccc(Nc2nc(-c3ccc(NC(=O)Cc4ccccc4)cc3)cs2)c1. The fraction of sp³-hybridized carbons (Fsp3) is 0.0833. The molecule has 5 nitrogen and oxygen atoms in total. The van der Waals surface area contributed by atoms with Crippen LogP contribution < -0.4 is 15.4 Å². The van der Waals surface area contributed by atoms with Gasteiger partial charge in [0.1, 0.15) is 5.75 Å². The van der Waals surface area contributed by atoms with Gasteiger partial charge < -0.3 is 15.4 Å². The zero-order valence-electron chi connectivity index (χ0n) is 16.5. The van der Waals surface area contributed by atoms with Crippen molar-refractivity contribution in [1.82, 2.24) is 4.98 Å². The molecule has 0 unspecified atom stereocenters. The van der Waals surface area contributed by atoms with Crippen molar-refractivity contribution in [1.29, 1.82) is 0 Å². The minimum atomic E-state index is -0.0348. The van der Waals surface area contributed by atoms with Crippen LogP contribution in [0.2, 0.25) is 0 Å². The zero-order valence-corrected chi connectivity index (χ0v) is 17.3. The Morgan fingerprint density at radius 2 is 1.77 bits per heavy atom. The number of nitrogens with zero attached hydrogens (tertiary/aromatic N) is 1. The van der Waals surface area contributed by atoms with Crippen molar-refractivity contribution in [3.8, 4) is 17.0 Å². The summed E-state index contributed by atoms with van der Waals surface area (Å²) in [7, 11) is 1.65. The smallest absolute Gasteiger partial charge is 0.228 e. The van der Waals surface area contributed by atoms with Crippen molar-refractivity contribution >= 4 is 33.8 Å². The van der Waals surface area contributed by atoms with Gasteiger partial charge in [0, 0.05) is 28.4 Å². The van der Waals surface area contributed by atoms with Crippen LogP contribution in [0.3, 0.4) is 0 Å². The molecule has 1 heterocycles. The average molecular weight is 416 g/mol. The Morgan fingerprint density at radius 1 is 0.967 bits per heavy atom. The second kappa shape index (κ2) is 9.24. The van der Waals surface area contributed by atoms with E-state index in [4.69, 9.17) is 4.74 Å². The Hall–Kier alpha value is -3.64. The van der Waals surface area contributed by atoms with Gasteiger partial charge in [-0.3, -0.25) is 4.79 Å². The van der Waals surface area contributed by atoms with Crippen molar-refractivity contribution in [3.05, 3.63) is 89.8 Å². The molecule has 0 aliphatic heterocycles. The fourth-order valence-electron chi connectivity index (χ4n) is 3.00. The lowest BCUT2D eigenvalue weighted by atomic mass is 10.1. The molecule has 0 saturated heterocycles. The van der Waals surface area contributed by atoms with Crippen molar-refractivity contribution in [2.24, 2.45) is 0 Å². The van der Waals surface area contributed by atoms with Crippen LogP contribution in [0, 0.1) is 0 Å². The van der Waals surface area contributed by atoms with E-state index in [9.17, 15) is 4.79 Å². The number of anilines is 3. The van der Waals surface area contributed by atoms with Gasteiger partial charge in [0.15, 0.2) is 5.13 Å². The fourth-order valence-corrected chi connectivity index (χ4v) is 3.74. The summed E-state index contributed by atoms with van der Waals surface area (Å²) in [6.45, 7) is 0. The second-order valence-corrected chi connectivity index (χ2v) is 7.54. The first kappa shape index (κ1) is 19.7. The number of nitrogens with one attached hydrogen (secondary N) is 2. The number of rotatable bonds is 7. The Labute approximate surface area is 179 Å². The summed E-state index contributed by atoms with van der Waals surface area (Å²) in [5.41, 5.74) is 4.56. The lowest BCUT2D eigenvalue weighted by Gasteiger charge is -2.06. The van der Waals surface area contributed by atoms with E-state index in [0.717, 1.165) is 39.1 Å². The van der Waals surface area contributed by atoms with Gasteiger partial charge in [0.25, 0.3) is 0 Å². The molecular weight excluding hydrogens is 394 g/mol. The van der Waals surface area contributed by atoms with Crippen LogP contribution in [0.1, 0.15) is 5.56 Å². The first-order valence-electron chi connectivity index (χ1n) is 9.50. The van der Waals surface area contributed by atoms with E-state index >= 15 is 0 Å². The quantitative estimate of drug-likeness (QED) is 0.404. The Kier molecular flexibility index (Phi) is 6.06. The van der Waals surface area contributed by atoms with Gasteiger partial charge in [-0.25, -0.2) is 4.98 Å². The number of aromatic nitrogens is 1. The summed E-state index contributed by atoms with van der Waals surface area (Å²) in [5.74, 6) is 0.758. The second-order valence-electron chi connectivity index (χ2n) is 6.68. The standard InChI is InChI=1S/C24H21N3O2S/c1-29-21-9-5-8-20(15-21)26-24-27-22(16-30-24)18-10-12-19(13-11-18)25-23(28)14-17-6-3-2-4-7-17/h2-13,15-16H,14H2,1H3,(H,25,28)(H,26,27). The largest absolute Gasteiger partial charge is 0.497 e. The van der Waals surface area contributed by atoms with Crippen molar-refractivity contribution in [2.75, 3.05) is 17.7 Å². The van der Waals surface area contributed by atoms with E-state index in [-0.39, 0.29) is 5.91 Å². The molecule has 0 spiro atoms. The number of methoxy groups -OCH3 is 1. The Bertz CT molecular complexity index is 1120. The molecule has 2 N–H and O–H groups in total. The van der Waals surface area contributed by atoms with Gasteiger partial charge in [-0.15, -0.1) is 11.3 Å². The van der Waals surface area contributed by atoms with E-state index in [0.29, 0.717) is 6.42 Å². The van der Waals surface area contributed by atoms with Gasteiger partial charge in [0.05, 0.1) is 19.2 Å². The van der Waals surface area contributed by atoms with Gasteiger partial charge in [0.2, 0.25) is 5.91 Å². The maximum absolute atomic E-state index is 12.2. The summed E-state index contributed by atoms with van der Waals surface area (Å²) < 4.78 is 5.25. The maximum atomic E-state index is 12.2. The summed E-state index contributed by atoms with van der Waals surface area (Å²) in [4.78, 5) is 16.9. The number of hydrogen-bond donors (Lipinski definition) is 2. The number of ether oxygens (including phenoxy) is 1. The number of carbonyl (C=O) groups is 1. The highest BCUT2D eigenvalue weighted by atomic mass is 32.1. The van der Waals surface area contributed by atoms with Crippen molar-refractivity contribution in [2.45, 2.75) is 6.42 Å². The van der Waals surface area contributed by atoms with Gasteiger partial charge in [-0.05, 0) is 29.8 Å². The number of amides is 1. The topological polar surface area (TPSA) is 63.2 Å². The highest BCUT2D eigenvalue weighted by Crippen LogP contribution is 2.29. The van der Waals surface area contributed by atoms with Crippen LogP contribution in [-0.2, 0) is 11.2 Å². The van der Waals surface area contributed by atoms with E-state index in [1.54, 1.807) is 7.11 Å². The molecule has 0 fully saturated rings. The Morgan fingerprint density at radius 3 is 2.53 bits per heavy atom. The molecule has 0 aliphatic rings. The molecule has 4 aromatic rings. The first-order chi connectivity index (χ1) is 14.7. The van der Waals surface area contributed by atoms with Crippen LogP contribution in [0.5, 0.6) is 5.75 Å². The van der Waals surface area contributed by atoms with Crippen LogP contribution in [-0.4, -0.2) is 18.0 Å². The normalized spacial score (nSPS) is 10.4. The number of benzene rings is 3. The molecular formula is C24H21N3O2S. The summed E-state index contributed by atoms with van der Waals surface area (Å²) >= 11 is 1.54. The minimum absolute atomic E-state index is 0.0348. The van der Waals surface area contributed by atoms with Crippen LogP contribution in [0.4, 0.5) is 16.5 Å². The maximum Gasteiger partial charge on any atom is 0.228 e. The molecule has 150 valence electrons. The monoisotopic (exact) mass is 415 g/mol. The summed E-state index contributed by atoms with van der Waals surface area (Å²) in [6.07, 6.45) is 0.355. The molecule has 0 radical (unpaired) electrons. The molecule has 0 bridgehead atoms. The molecule has 30 heavy (non-hydrogen) atoms. The van der Waals surface area contributed by atoms with Gasteiger partial charge in [-0.1, -0.05) is 48.5 Å². The van der Waals surface area contributed by atoms with E-state index in [2.05, 4.69) is 15.6 Å². The third-order valence-corrected chi connectivity index (χ3v) is 5.25.